The predicted octanol–water partition coefficient (Wildman–Crippen LogP) is 5.44. The summed E-state index contributed by atoms with van der Waals surface area (Å²) in [7, 11) is 1.60. The molecule has 1 amide bonds. The average molecular weight is 498 g/mol. The highest BCUT2D eigenvalue weighted by atomic mass is 35.5. The summed E-state index contributed by atoms with van der Waals surface area (Å²) >= 11 is 7.78. The van der Waals surface area contributed by atoms with Gasteiger partial charge in [-0.2, -0.15) is 0 Å². The first-order valence-corrected chi connectivity index (χ1v) is 11.5. The first kappa shape index (κ1) is 26.2. The minimum Gasteiger partial charge on any atom is -0.494 e. The van der Waals surface area contributed by atoms with E-state index in [1.807, 2.05) is 31.2 Å². The number of anilines is 1. The third-order valence-electron chi connectivity index (χ3n) is 5.18. The summed E-state index contributed by atoms with van der Waals surface area (Å²) in [6, 6.07) is 11.2. The number of halogens is 2. The van der Waals surface area contributed by atoms with Gasteiger partial charge in [0.15, 0.2) is 11.7 Å². The third kappa shape index (κ3) is 6.04. The van der Waals surface area contributed by atoms with Gasteiger partial charge < -0.3 is 14.4 Å². The Morgan fingerprint density at radius 2 is 1.81 bits per heavy atom. The third-order valence-corrected chi connectivity index (χ3v) is 6.72. The highest BCUT2D eigenvalue weighted by Gasteiger charge is 2.23. The van der Waals surface area contributed by atoms with Crippen LogP contribution in [0.2, 0.25) is 5.02 Å². The largest absolute Gasteiger partial charge is 0.494 e. The van der Waals surface area contributed by atoms with Gasteiger partial charge in [-0.1, -0.05) is 55.0 Å². The van der Waals surface area contributed by atoms with Crippen LogP contribution in [0.4, 0.5) is 5.13 Å². The number of likely N-dealkylation sites (N-methyl/N-ethyl adjacent to an activating group) is 1. The van der Waals surface area contributed by atoms with Crippen molar-refractivity contribution >= 4 is 56.6 Å². The van der Waals surface area contributed by atoms with Gasteiger partial charge in [0, 0.05) is 13.1 Å². The summed E-state index contributed by atoms with van der Waals surface area (Å²) in [6.07, 6.45) is 0. The van der Waals surface area contributed by atoms with Crippen molar-refractivity contribution in [2.75, 3.05) is 44.8 Å². The van der Waals surface area contributed by atoms with Crippen molar-refractivity contribution < 1.29 is 14.3 Å². The Labute approximate surface area is 204 Å². The molecule has 1 aromatic heterocycles. The molecule has 0 bridgehead atoms. The van der Waals surface area contributed by atoms with Crippen LogP contribution < -0.4 is 14.4 Å². The quantitative estimate of drug-likeness (QED) is 0.373. The van der Waals surface area contributed by atoms with Crippen LogP contribution in [0.15, 0.2) is 36.4 Å². The number of methoxy groups -OCH3 is 1. The Morgan fingerprint density at radius 3 is 2.47 bits per heavy atom. The number of para-hydroxylation sites is 1. The SMILES string of the molecule is CCN(CC)CCN(C(=O)COc1ccccc1C)c1nc2c(OC)ccc(Cl)c2s1.Cl. The van der Waals surface area contributed by atoms with Crippen molar-refractivity contribution in [2.45, 2.75) is 20.8 Å². The molecule has 3 aromatic rings. The number of amides is 1. The zero-order valence-corrected chi connectivity index (χ0v) is 21.1. The smallest absolute Gasteiger partial charge is 0.266 e. The van der Waals surface area contributed by atoms with Gasteiger partial charge >= 0.3 is 0 Å². The summed E-state index contributed by atoms with van der Waals surface area (Å²) in [5, 5.41) is 1.18. The molecule has 0 fully saturated rings. The maximum absolute atomic E-state index is 13.2. The minimum absolute atomic E-state index is 0. The van der Waals surface area contributed by atoms with Gasteiger partial charge in [0.05, 0.1) is 16.8 Å². The van der Waals surface area contributed by atoms with Crippen LogP contribution in [0.25, 0.3) is 10.2 Å². The zero-order valence-electron chi connectivity index (χ0n) is 18.8. The molecule has 0 aliphatic carbocycles. The molecule has 9 heteroatoms. The molecule has 32 heavy (non-hydrogen) atoms. The fourth-order valence-corrected chi connectivity index (χ4v) is 4.56. The molecule has 0 saturated heterocycles. The number of aryl methyl sites for hydroxylation is 1. The number of rotatable bonds is 10. The fourth-order valence-electron chi connectivity index (χ4n) is 3.27. The summed E-state index contributed by atoms with van der Waals surface area (Å²) < 4.78 is 12.1. The van der Waals surface area contributed by atoms with E-state index in [4.69, 9.17) is 26.1 Å². The second-order valence-electron chi connectivity index (χ2n) is 7.05. The second kappa shape index (κ2) is 12.3. The van der Waals surface area contributed by atoms with Crippen molar-refractivity contribution in [3.8, 4) is 11.5 Å². The van der Waals surface area contributed by atoms with E-state index < -0.39 is 0 Å². The first-order valence-electron chi connectivity index (χ1n) is 10.3. The Kier molecular flexibility index (Phi) is 10.0. The lowest BCUT2D eigenvalue weighted by Gasteiger charge is -2.24. The number of fused-ring (bicyclic) bond motifs is 1. The van der Waals surface area contributed by atoms with Crippen LogP contribution in [0.5, 0.6) is 11.5 Å². The molecule has 0 aliphatic rings. The molecule has 0 unspecified atom stereocenters. The molecule has 0 saturated carbocycles. The van der Waals surface area contributed by atoms with Crippen molar-refractivity contribution in [1.29, 1.82) is 0 Å². The van der Waals surface area contributed by atoms with Crippen molar-refractivity contribution in [1.82, 2.24) is 9.88 Å². The summed E-state index contributed by atoms with van der Waals surface area (Å²) in [5.74, 6) is 1.19. The number of hydrogen-bond donors (Lipinski definition) is 0. The number of thiazole rings is 1. The molecular weight excluding hydrogens is 469 g/mol. The molecule has 1 heterocycles. The van der Waals surface area contributed by atoms with Gasteiger partial charge in [0.2, 0.25) is 0 Å². The molecule has 0 radical (unpaired) electrons. The van der Waals surface area contributed by atoms with E-state index in [1.165, 1.54) is 11.3 Å². The van der Waals surface area contributed by atoms with Crippen LogP contribution in [-0.2, 0) is 4.79 Å². The molecule has 174 valence electrons. The zero-order chi connectivity index (χ0) is 22.4. The molecule has 0 N–H and O–H groups in total. The predicted molar refractivity (Wildman–Crippen MR) is 135 cm³/mol. The normalized spacial score (nSPS) is 10.8. The van der Waals surface area contributed by atoms with Crippen molar-refractivity contribution in [2.24, 2.45) is 0 Å². The summed E-state index contributed by atoms with van der Waals surface area (Å²) in [6.45, 7) is 9.19. The lowest BCUT2D eigenvalue weighted by molar-refractivity contribution is -0.120. The fraction of sp³-hybridized carbons (Fsp3) is 0.391. The minimum atomic E-state index is -0.149. The molecule has 0 spiro atoms. The molecular formula is C23H29Cl2N3O3S. The summed E-state index contributed by atoms with van der Waals surface area (Å²) in [4.78, 5) is 21.9. The Morgan fingerprint density at radius 1 is 1.09 bits per heavy atom. The first-order chi connectivity index (χ1) is 15.0. The van der Waals surface area contributed by atoms with E-state index in [0.717, 1.165) is 29.9 Å². The van der Waals surface area contributed by atoms with Gasteiger partial charge in [-0.3, -0.25) is 9.69 Å². The monoisotopic (exact) mass is 497 g/mol. The van der Waals surface area contributed by atoms with Gasteiger partial charge in [0.25, 0.3) is 5.91 Å². The van der Waals surface area contributed by atoms with E-state index in [2.05, 4.69) is 18.7 Å². The highest BCUT2D eigenvalue weighted by Crippen LogP contribution is 2.38. The topological polar surface area (TPSA) is 54.9 Å². The second-order valence-corrected chi connectivity index (χ2v) is 8.43. The molecule has 0 atom stereocenters. The number of aromatic nitrogens is 1. The van der Waals surface area contributed by atoms with Crippen molar-refractivity contribution in [3.63, 3.8) is 0 Å². The maximum Gasteiger partial charge on any atom is 0.266 e. The average Bonchev–Trinajstić information content (AvgIpc) is 3.22. The van der Waals surface area contributed by atoms with Crippen LogP contribution in [-0.4, -0.2) is 55.7 Å². The standard InChI is InChI=1S/C23H28ClN3O3S.ClH/c1-5-26(6-2)13-14-27(20(28)15-30-18-10-8-7-9-16(18)3)23-25-21-19(29-4)12-11-17(24)22(21)31-23;/h7-12H,5-6,13-15H2,1-4H3;1H. The highest BCUT2D eigenvalue weighted by molar-refractivity contribution is 7.23. The van der Waals surface area contributed by atoms with Crippen LogP contribution >= 0.6 is 35.3 Å². The van der Waals surface area contributed by atoms with E-state index in [-0.39, 0.29) is 24.9 Å². The number of carbonyl (C=O) groups is 1. The number of hydrogen-bond acceptors (Lipinski definition) is 6. The molecule has 0 aliphatic heterocycles. The van der Waals surface area contributed by atoms with E-state index >= 15 is 0 Å². The van der Waals surface area contributed by atoms with Gasteiger partial charge in [-0.05, 0) is 43.8 Å². The van der Waals surface area contributed by atoms with Gasteiger partial charge in [-0.15, -0.1) is 12.4 Å². The molecule has 6 nitrogen and oxygen atoms in total. The Hall–Kier alpha value is -2.06. The number of nitrogens with zero attached hydrogens (tertiary/aromatic N) is 3. The van der Waals surface area contributed by atoms with Gasteiger partial charge in [0.1, 0.15) is 17.0 Å². The number of ether oxygens (including phenoxy) is 2. The summed E-state index contributed by atoms with van der Waals surface area (Å²) in [5.41, 5.74) is 1.65. The van der Waals surface area contributed by atoms with Gasteiger partial charge in [-0.25, -0.2) is 4.98 Å². The van der Waals surface area contributed by atoms with E-state index in [0.29, 0.717) is 33.7 Å². The van der Waals surface area contributed by atoms with Crippen molar-refractivity contribution in [3.05, 3.63) is 47.0 Å². The lowest BCUT2D eigenvalue weighted by atomic mass is 10.2. The van der Waals surface area contributed by atoms with Crippen LogP contribution in [0, 0.1) is 6.92 Å². The van der Waals surface area contributed by atoms with Crippen LogP contribution in [0.3, 0.4) is 0 Å². The number of benzene rings is 2. The Bertz CT molecular complexity index is 1040. The van der Waals surface area contributed by atoms with Crippen LogP contribution in [0.1, 0.15) is 19.4 Å². The Balaban J connectivity index is 0.00000363. The molecule has 3 rings (SSSR count). The van der Waals surface area contributed by atoms with E-state index in [9.17, 15) is 4.79 Å². The lowest BCUT2D eigenvalue weighted by Crippen LogP contribution is -2.41. The number of carbonyl (C=O) groups excluding carboxylic acids is 1. The maximum atomic E-state index is 13.2. The van der Waals surface area contributed by atoms with E-state index in [1.54, 1.807) is 24.1 Å². The molecule has 2 aromatic carbocycles.